The van der Waals surface area contributed by atoms with Crippen LogP contribution >= 0.6 is 34.9 Å². The number of carbonyl (C=O) groups is 2. The molecule has 0 atom stereocenters. The van der Waals surface area contributed by atoms with Gasteiger partial charge in [-0.3, -0.25) is 9.59 Å². The Hall–Kier alpha value is -2.03. The molecule has 0 saturated heterocycles. The second-order valence-corrected chi connectivity index (χ2v) is 9.52. The highest BCUT2D eigenvalue weighted by molar-refractivity contribution is 7.98. The number of amides is 1. The Labute approximate surface area is 188 Å². The van der Waals surface area contributed by atoms with Crippen molar-refractivity contribution in [3.05, 3.63) is 58.9 Å². The third-order valence-electron chi connectivity index (χ3n) is 4.42. The number of ether oxygens (including phenoxy) is 1. The van der Waals surface area contributed by atoms with Crippen LogP contribution in [0.15, 0.2) is 58.4 Å². The van der Waals surface area contributed by atoms with E-state index >= 15 is 0 Å². The van der Waals surface area contributed by atoms with Gasteiger partial charge in [0.2, 0.25) is 5.91 Å². The predicted molar refractivity (Wildman–Crippen MR) is 126 cm³/mol. The first-order valence-electron chi connectivity index (χ1n) is 9.54. The molecule has 8 heteroatoms. The van der Waals surface area contributed by atoms with E-state index in [1.807, 2.05) is 48.3 Å². The van der Waals surface area contributed by atoms with Crippen molar-refractivity contribution in [1.29, 1.82) is 0 Å². The number of hydrogen-bond acceptors (Lipinski definition) is 6. The molecule has 1 amide bonds. The molecular formula is C22H24N2O3S3. The van der Waals surface area contributed by atoms with Gasteiger partial charge in [0.25, 0.3) is 0 Å². The molecule has 0 aliphatic heterocycles. The molecule has 0 radical (unpaired) electrons. The molecule has 0 spiro atoms. The molecule has 0 saturated carbocycles. The fourth-order valence-electron chi connectivity index (χ4n) is 2.86. The van der Waals surface area contributed by atoms with Gasteiger partial charge in [0.15, 0.2) is 4.80 Å². The Balaban J connectivity index is 1.67. The summed E-state index contributed by atoms with van der Waals surface area (Å²) in [7, 11) is 1.36. The number of thioether (sulfide) groups is 2. The zero-order valence-corrected chi connectivity index (χ0v) is 19.4. The van der Waals surface area contributed by atoms with E-state index in [0.717, 1.165) is 33.0 Å². The third-order valence-corrected chi connectivity index (χ3v) is 7.30. The van der Waals surface area contributed by atoms with Gasteiger partial charge in [-0.2, -0.15) is 16.8 Å². The highest BCUT2D eigenvalue weighted by atomic mass is 32.2. The van der Waals surface area contributed by atoms with E-state index in [0.29, 0.717) is 11.2 Å². The molecule has 0 bridgehead atoms. The maximum atomic E-state index is 12.5. The van der Waals surface area contributed by atoms with Gasteiger partial charge in [-0.15, -0.1) is 11.8 Å². The zero-order valence-electron chi connectivity index (χ0n) is 17.0. The first-order chi connectivity index (χ1) is 14.6. The van der Waals surface area contributed by atoms with Crippen LogP contribution in [0.5, 0.6) is 0 Å². The minimum absolute atomic E-state index is 0.0359. The van der Waals surface area contributed by atoms with Crippen molar-refractivity contribution in [2.24, 2.45) is 4.99 Å². The van der Waals surface area contributed by atoms with Gasteiger partial charge < -0.3 is 9.30 Å². The number of thiazole rings is 1. The van der Waals surface area contributed by atoms with Crippen molar-refractivity contribution in [2.75, 3.05) is 19.1 Å². The van der Waals surface area contributed by atoms with Crippen LogP contribution in [-0.4, -0.2) is 35.6 Å². The van der Waals surface area contributed by atoms with E-state index in [1.54, 1.807) is 16.3 Å². The number of nitrogens with zero attached hydrogens (tertiary/aromatic N) is 2. The minimum Gasteiger partial charge on any atom is -0.468 e. The molecule has 1 heterocycles. The molecule has 2 aromatic carbocycles. The molecule has 0 aliphatic rings. The Morgan fingerprint density at radius 1 is 1.17 bits per heavy atom. The lowest BCUT2D eigenvalue weighted by atomic mass is 10.2. The molecular weight excluding hydrogens is 436 g/mol. The molecule has 3 aromatic rings. The average molecular weight is 461 g/mol. The molecule has 30 heavy (non-hydrogen) atoms. The molecule has 0 fully saturated rings. The number of benzene rings is 2. The number of aromatic nitrogens is 1. The van der Waals surface area contributed by atoms with Crippen LogP contribution in [0.4, 0.5) is 0 Å². The largest absolute Gasteiger partial charge is 0.468 e. The summed E-state index contributed by atoms with van der Waals surface area (Å²) < 4.78 is 7.57. The fourth-order valence-corrected chi connectivity index (χ4v) is 5.39. The van der Waals surface area contributed by atoms with Gasteiger partial charge in [-0.1, -0.05) is 41.7 Å². The second-order valence-electron chi connectivity index (χ2n) is 6.53. The Morgan fingerprint density at radius 2 is 1.97 bits per heavy atom. The Bertz CT molecular complexity index is 1070. The topological polar surface area (TPSA) is 60.7 Å². The maximum absolute atomic E-state index is 12.5. The molecule has 0 N–H and O–H groups in total. The maximum Gasteiger partial charge on any atom is 0.325 e. The van der Waals surface area contributed by atoms with Crippen LogP contribution in [-0.2, 0) is 26.6 Å². The summed E-state index contributed by atoms with van der Waals surface area (Å²) in [4.78, 5) is 30.3. The zero-order chi connectivity index (χ0) is 21.3. The summed E-state index contributed by atoms with van der Waals surface area (Å²) in [5.41, 5.74) is 2.17. The number of fused-ring (bicyclic) bond motifs is 1. The van der Waals surface area contributed by atoms with Crippen molar-refractivity contribution in [3.8, 4) is 0 Å². The molecule has 1 aromatic heterocycles. The standard InChI is InChI=1S/C22H24N2O3S3/c1-27-21(26)14-24-18-11-10-17(28-2)13-19(18)30-22(24)23-20(25)9-6-12-29-15-16-7-4-3-5-8-16/h3-5,7-8,10-11,13H,6,9,12,14-15H2,1-2H3. The lowest BCUT2D eigenvalue weighted by Crippen LogP contribution is -2.22. The van der Waals surface area contributed by atoms with Gasteiger partial charge in [0.05, 0.1) is 17.3 Å². The highest BCUT2D eigenvalue weighted by Crippen LogP contribution is 2.24. The van der Waals surface area contributed by atoms with Crippen LogP contribution in [0, 0.1) is 0 Å². The van der Waals surface area contributed by atoms with Crippen LogP contribution in [0.25, 0.3) is 10.2 Å². The van der Waals surface area contributed by atoms with Gasteiger partial charge in [0.1, 0.15) is 6.54 Å². The van der Waals surface area contributed by atoms with Gasteiger partial charge in [-0.05, 0) is 42.2 Å². The molecule has 0 aliphatic carbocycles. The van der Waals surface area contributed by atoms with E-state index in [4.69, 9.17) is 4.74 Å². The van der Waals surface area contributed by atoms with E-state index in [1.165, 1.54) is 24.0 Å². The molecule has 0 unspecified atom stereocenters. The summed E-state index contributed by atoms with van der Waals surface area (Å²) in [6.07, 6.45) is 3.19. The van der Waals surface area contributed by atoms with Gasteiger partial charge in [0, 0.05) is 17.1 Å². The van der Waals surface area contributed by atoms with Crippen molar-refractivity contribution in [3.63, 3.8) is 0 Å². The van der Waals surface area contributed by atoms with Crippen LogP contribution in [0.2, 0.25) is 0 Å². The first kappa shape index (κ1) is 22.7. The lowest BCUT2D eigenvalue weighted by Gasteiger charge is -2.04. The van der Waals surface area contributed by atoms with Crippen molar-refractivity contribution in [1.82, 2.24) is 4.57 Å². The van der Waals surface area contributed by atoms with Crippen molar-refractivity contribution < 1.29 is 14.3 Å². The number of carbonyl (C=O) groups excluding carboxylic acids is 2. The Kier molecular flexibility index (Phi) is 8.60. The monoisotopic (exact) mass is 460 g/mol. The SMILES string of the molecule is COC(=O)Cn1c(=NC(=O)CCCSCc2ccccc2)sc2cc(SC)ccc21. The first-order valence-corrected chi connectivity index (χ1v) is 12.7. The molecule has 158 valence electrons. The number of hydrogen-bond donors (Lipinski definition) is 0. The summed E-state index contributed by atoms with van der Waals surface area (Å²) in [6.45, 7) is 0.0359. The second kappa shape index (κ2) is 11.4. The van der Waals surface area contributed by atoms with Crippen LogP contribution < -0.4 is 4.80 Å². The van der Waals surface area contributed by atoms with Crippen LogP contribution in [0.1, 0.15) is 18.4 Å². The third kappa shape index (κ3) is 6.23. The van der Waals surface area contributed by atoms with E-state index in [-0.39, 0.29) is 18.4 Å². The summed E-state index contributed by atoms with van der Waals surface area (Å²) in [6, 6.07) is 16.3. The number of rotatable bonds is 9. The predicted octanol–water partition coefficient (Wildman–Crippen LogP) is 4.74. The summed E-state index contributed by atoms with van der Waals surface area (Å²) >= 11 is 4.89. The van der Waals surface area contributed by atoms with Crippen molar-refractivity contribution in [2.45, 2.75) is 30.0 Å². The lowest BCUT2D eigenvalue weighted by molar-refractivity contribution is -0.141. The van der Waals surface area contributed by atoms with E-state index < -0.39 is 0 Å². The van der Waals surface area contributed by atoms with E-state index in [9.17, 15) is 9.59 Å². The minimum atomic E-state index is -0.366. The Morgan fingerprint density at radius 3 is 2.70 bits per heavy atom. The summed E-state index contributed by atoms with van der Waals surface area (Å²) in [5.74, 6) is 1.32. The average Bonchev–Trinajstić information content (AvgIpc) is 3.09. The highest BCUT2D eigenvalue weighted by Gasteiger charge is 2.12. The van der Waals surface area contributed by atoms with Crippen LogP contribution in [0.3, 0.4) is 0 Å². The normalized spacial score (nSPS) is 11.7. The van der Waals surface area contributed by atoms with Crippen molar-refractivity contribution >= 4 is 57.0 Å². The molecule has 5 nitrogen and oxygen atoms in total. The summed E-state index contributed by atoms with van der Waals surface area (Å²) in [5, 5.41) is 0. The number of methoxy groups -OCH3 is 1. The quantitative estimate of drug-likeness (QED) is 0.262. The molecule has 3 rings (SSSR count). The number of esters is 1. The van der Waals surface area contributed by atoms with Gasteiger partial charge in [-0.25, -0.2) is 0 Å². The van der Waals surface area contributed by atoms with E-state index in [2.05, 4.69) is 23.2 Å². The fraction of sp³-hybridized carbons (Fsp3) is 0.318. The smallest absolute Gasteiger partial charge is 0.325 e. The van der Waals surface area contributed by atoms with Gasteiger partial charge >= 0.3 is 5.97 Å².